The Morgan fingerprint density at radius 1 is 1.43 bits per heavy atom. The Bertz CT molecular complexity index is 649. The summed E-state index contributed by atoms with van der Waals surface area (Å²) >= 11 is 1.22. The van der Waals surface area contributed by atoms with E-state index in [-0.39, 0.29) is 11.3 Å². The van der Waals surface area contributed by atoms with Crippen molar-refractivity contribution in [2.75, 3.05) is 5.32 Å². The van der Waals surface area contributed by atoms with Gasteiger partial charge < -0.3 is 0 Å². The van der Waals surface area contributed by atoms with Gasteiger partial charge in [0.1, 0.15) is 11.6 Å². The quantitative estimate of drug-likeness (QED) is 0.939. The smallest absolute Gasteiger partial charge is 0.296 e. The van der Waals surface area contributed by atoms with Crippen LogP contribution in [0, 0.1) is 6.92 Å². The number of alkyl halides is 3. The molecule has 0 spiro atoms. The molecule has 21 heavy (non-hydrogen) atoms. The van der Waals surface area contributed by atoms with Gasteiger partial charge in [0.15, 0.2) is 0 Å². The maximum absolute atomic E-state index is 12.3. The molecule has 2 rings (SSSR count). The molecule has 0 saturated carbocycles. The van der Waals surface area contributed by atoms with Crippen LogP contribution in [-0.2, 0) is 13.0 Å². The van der Waals surface area contributed by atoms with E-state index in [0.717, 1.165) is 11.2 Å². The number of anilines is 1. The number of halogens is 3. The van der Waals surface area contributed by atoms with E-state index in [1.807, 2.05) is 6.92 Å². The predicted octanol–water partition coefficient (Wildman–Crippen LogP) is 2.42. The van der Waals surface area contributed by atoms with E-state index in [0.29, 0.717) is 16.2 Å². The standard InChI is InChI=1S/C11H12F3N5OS/c1-3-8-16-17-10(21-8)15-9(20)7-4-19(18-6(7)2)5-11(12,13)14/h4H,3,5H2,1-2H3,(H,15,17,20). The number of carbonyl (C=O) groups is 1. The Labute approximate surface area is 122 Å². The summed E-state index contributed by atoms with van der Waals surface area (Å²) < 4.78 is 37.6. The van der Waals surface area contributed by atoms with Crippen molar-refractivity contribution in [3.8, 4) is 0 Å². The van der Waals surface area contributed by atoms with E-state index in [1.54, 1.807) is 0 Å². The van der Waals surface area contributed by atoms with Crippen LogP contribution in [0.25, 0.3) is 0 Å². The SMILES string of the molecule is CCc1nnc(NC(=O)c2cn(CC(F)(F)F)nc2C)s1. The Hall–Kier alpha value is -1.97. The topological polar surface area (TPSA) is 72.7 Å². The summed E-state index contributed by atoms with van der Waals surface area (Å²) in [5, 5.41) is 14.9. The third-order valence-corrected chi connectivity index (χ3v) is 3.51. The van der Waals surface area contributed by atoms with Gasteiger partial charge in [-0.3, -0.25) is 14.8 Å². The van der Waals surface area contributed by atoms with Crippen molar-refractivity contribution in [2.24, 2.45) is 0 Å². The third-order valence-electron chi connectivity index (χ3n) is 2.52. The number of nitrogens with one attached hydrogen (secondary N) is 1. The van der Waals surface area contributed by atoms with Gasteiger partial charge in [0, 0.05) is 6.20 Å². The van der Waals surface area contributed by atoms with Crippen molar-refractivity contribution in [1.29, 1.82) is 0 Å². The van der Waals surface area contributed by atoms with E-state index in [4.69, 9.17) is 0 Å². The van der Waals surface area contributed by atoms with Crippen LogP contribution >= 0.6 is 11.3 Å². The molecule has 10 heteroatoms. The largest absolute Gasteiger partial charge is 0.408 e. The fraction of sp³-hybridized carbons (Fsp3) is 0.455. The van der Waals surface area contributed by atoms with E-state index >= 15 is 0 Å². The highest BCUT2D eigenvalue weighted by molar-refractivity contribution is 7.15. The number of amides is 1. The molecule has 0 atom stereocenters. The molecule has 0 radical (unpaired) electrons. The highest BCUT2D eigenvalue weighted by Crippen LogP contribution is 2.20. The predicted molar refractivity (Wildman–Crippen MR) is 70.3 cm³/mol. The number of carbonyl (C=O) groups excluding carboxylic acids is 1. The number of nitrogens with zero attached hydrogens (tertiary/aromatic N) is 4. The van der Waals surface area contributed by atoms with Gasteiger partial charge in [0.2, 0.25) is 5.13 Å². The molecule has 0 aliphatic rings. The molecule has 1 N–H and O–H groups in total. The monoisotopic (exact) mass is 319 g/mol. The number of aromatic nitrogens is 4. The van der Waals surface area contributed by atoms with Gasteiger partial charge in [-0.05, 0) is 13.3 Å². The molecule has 0 saturated heterocycles. The Morgan fingerprint density at radius 2 is 2.14 bits per heavy atom. The zero-order valence-electron chi connectivity index (χ0n) is 11.2. The van der Waals surface area contributed by atoms with E-state index in [9.17, 15) is 18.0 Å². The molecule has 2 aromatic heterocycles. The van der Waals surface area contributed by atoms with E-state index in [1.165, 1.54) is 18.3 Å². The van der Waals surface area contributed by atoms with E-state index in [2.05, 4.69) is 20.6 Å². The zero-order valence-corrected chi connectivity index (χ0v) is 12.0. The lowest BCUT2D eigenvalue weighted by molar-refractivity contribution is -0.142. The van der Waals surface area contributed by atoms with Crippen LogP contribution in [0.3, 0.4) is 0 Å². The Morgan fingerprint density at radius 3 is 2.71 bits per heavy atom. The molecule has 0 aliphatic carbocycles. The lowest BCUT2D eigenvalue weighted by atomic mass is 10.2. The molecule has 0 bridgehead atoms. The molecule has 0 unspecified atom stereocenters. The molecular formula is C11H12F3N5OS. The lowest BCUT2D eigenvalue weighted by Gasteiger charge is -2.05. The second-order valence-electron chi connectivity index (χ2n) is 4.25. The van der Waals surface area contributed by atoms with Crippen molar-refractivity contribution in [3.05, 3.63) is 22.5 Å². The normalized spacial score (nSPS) is 11.7. The minimum Gasteiger partial charge on any atom is -0.296 e. The Kier molecular flexibility index (Phi) is 4.26. The van der Waals surface area contributed by atoms with Crippen molar-refractivity contribution >= 4 is 22.4 Å². The first-order valence-corrected chi connectivity index (χ1v) is 6.84. The Balaban J connectivity index is 2.12. The van der Waals surface area contributed by atoms with Crippen molar-refractivity contribution in [1.82, 2.24) is 20.0 Å². The molecule has 0 fully saturated rings. The number of hydrogen-bond donors (Lipinski definition) is 1. The van der Waals surface area contributed by atoms with Crippen LogP contribution in [0.15, 0.2) is 6.20 Å². The first-order valence-electron chi connectivity index (χ1n) is 6.03. The second-order valence-corrected chi connectivity index (χ2v) is 5.31. The summed E-state index contributed by atoms with van der Waals surface area (Å²) in [5.74, 6) is -0.556. The van der Waals surface area contributed by atoms with Gasteiger partial charge in [0.05, 0.1) is 11.3 Å². The highest BCUT2D eigenvalue weighted by atomic mass is 32.1. The summed E-state index contributed by atoms with van der Waals surface area (Å²) in [6.45, 7) is 2.14. The molecule has 0 aromatic carbocycles. The van der Waals surface area contributed by atoms with Crippen LogP contribution in [-0.4, -0.2) is 32.1 Å². The highest BCUT2D eigenvalue weighted by Gasteiger charge is 2.29. The lowest BCUT2D eigenvalue weighted by Crippen LogP contribution is -2.18. The molecule has 1 amide bonds. The third kappa shape index (κ3) is 4.00. The van der Waals surface area contributed by atoms with Gasteiger partial charge >= 0.3 is 6.18 Å². The van der Waals surface area contributed by atoms with Crippen molar-refractivity contribution in [3.63, 3.8) is 0 Å². The maximum Gasteiger partial charge on any atom is 0.408 e. The van der Waals surface area contributed by atoms with Crippen LogP contribution in [0.1, 0.15) is 28.0 Å². The molecular weight excluding hydrogens is 307 g/mol. The second kappa shape index (κ2) is 5.80. The van der Waals surface area contributed by atoms with Crippen LogP contribution in [0.5, 0.6) is 0 Å². The van der Waals surface area contributed by atoms with Gasteiger partial charge in [-0.1, -0.05) is 18.3 Å². The van der Waals surface area contributed by atoms with Gasteiger partial charge in [-0.2, -0.15) is 18.3 Å². The summed E-state index contributed by atoms with van der Waals surface area (Å²) in [6, 6.07) is 0. The van der Waals surface area contributed by atoms with Gasteiger partial charge in [0.25, 0.3) is 5.91 Å². The zero-order chi connectivity index (χ0) is 15.6. The summed E-state index contributed by atoms with van der Waals surface area (Å²) in [5.41, 5.74) is 0.296. The van der Waals surface area contributed by atoms with Crippen molar-refractivity contribution in [2.45, 2.75) is 33.0 Å². The molecule has 2 aromatic rings. The first-order chi connectivity index (χ1) is 9.78. The molecule has 114 valence electrons. The summed E-state index contributed by atoms with van der Waals surface area (Å²) in [4.78, 5) is 12.0. The minimum atomic E-state index is -4.39. The summed E-state index contributed by atoms with van der Waals surface area (Å²) in [7, 11) is 0. The van der Waals surface area contributed by atoms with Crippen LogP contribution in [0.4, 0.5) is 18.3 Å². The van der Waals surface area contributed by atoms with Crippen LogP contribution < -0.4 is 5.32 Å². The first kappa shape index (κ1) is 15.4. The van der Waals surface area contributed by atoms with Gasteiger partial charge in [-0.25, -0.2) is 0 Å². The molecule has 2 heterocycles. The average Bonchev–Trinajstić information content (AvgIpc) is 2.94. The van der Waals surface area contributed by atoms with Gasteiger partial charge in [-0.15, -0.1) is 10.2 Å². The average molecular weight is 319 g/mol. The fourth-order valence-corrected chi connectivity index (χ4v) is 2.29. The fourth-order valence-electron chi connectivity index (χ4n) is 1.62. The summed E-state index contributed by atoms with van der Waals surface area (Å²) in [6.07, 6.45) is -2.63. The number of rotatable bonds is 4. The number of aryl methyl sites for hydroxylation is 2. The number of hydrogen-bond acceptors (Lipinski definition) is 5. The van der Waals surface area contributed by atoms with Crippen molar-refractivity contribution < 1.29 is 18.0 Å². The molecule has 0 aliphatic heterocycles. The van der Waals surface area contributed by atoms with E-state index < -0.39 is 18.6 Å². The minimum absolute atomic E-state index is 0.0764. The van der Waals surface area contributed by atoms with Crippen LogP contribution in [0.2, 0.25) is 0 Å². The molecule has 6 nitrogen and oxygen atoms in total. The maximum atomic E-state index is 12.3.